The zero-order valence-corrected chi connectivity index (χ0v) is 6.97. The number of aliphatic hydroxyl groups excluding tert-OH is 2. The second kappa shape index (κ2) is 3.26. The molecule has 1 aliphatic rings. The number of urea groups is 1. The molecule has 2 atom stereocenters. The molecule has 0 spiro atoms. The minimum Gasteiger partial charge on any atom is -0.376 e. The Morgan fingerprint density at radius 3 is 2.50 bits per heavy atom. The summed E-state index contributed by atoms with van der Waals surface area (Å²) >= 11 is 0. The fraction of sp³-hybridized carbons (Fsp3) is 0.833. The molecule has 1 aliphatic heterocycles. The number of carbonyl (C=O) groups excluding carboxylic acids is 1. The van der Waals surface area contributed by atoms with Gasteiger partial charge in [-0.15, -0.1) is 0 Å². The van der Waals surface area contributed by atoms with E-state index in [0.29, 0.717) is 0 Å². The van der Waals surface area contributed by atoms with Crippen molar-refractivity contribution >= 4 is 6.03 Å². The molecular formula is C6H12N2O4. The predicted octanol–water partition coefficient (Wildman–Crippen LogP) is -1.06. The summed E-state index contributed by atoms with van der Waals surface area (Å²) in [6.45, 7) is 1.20. The zero-order chi connectivity index (χ0) is 9.30. The van der Waals surface area contributed by atoms with Crippen molar-refractivity contribution in [2.45, 2.75) is 19.2 Å². The highest BCUT2D eigenvalue weighted by atomic mass is 16.7. The standard InChI is InChI=1S/C6H12N2O4/c1-4-5(10)8(12-2)6(11)7(4)3-9/h4-5,9-10H,3H2,1-2H3. The molecule has 12 heavy (non-hydrogen) atoms. The molecule has 2 N–H and O–H groups in total. The molecule has 1 fully saturated rings. The molecule has 6 nitrogen and oxygen atoms in total. The average Bonchev–Trinajstić information content (AvgIpc) is 2.25. The van der Waals surface area contributed by atoms with Gasteiger partial charge in [-0.05, 0) is 6.92 Å². The van der Waals surface area contributed by atoms with Crippen LogP contribution < -0.4 is 0 Å². The van der Waals surface area contributed by atoms with Crippen LogP contribution in [0.5, 0.6) is 0 Å². The Bertz CT molecular complexity index is 168. The maximum Gasteiger partial charge on any atom is 0.348 e. The first-order chi connectivity index (χ1) is 5.63. The van der Waals surface area contributed by atoms with E-state index < -0.39 is 25.0 Å². The lowest BCUT2D eigenvalue weighted by Crippen LogP contribution is -2.34. The maximum atomic E-state index is 11.2. The van der Waals surface area contributed by atoms with Crippen LogP contribution in [0.2, 0.25) is 0 Å². The fourth-order valence-electron chi connectivity index (χ4n) is 1.15. The summed E-state index contributed by atoms with van der Waals surface area (Å²) in [5, 5.41) is 18.9. The highest BCUT2D eigenvalue weighted by Crippen LogP contribution is 2.19. The Labute approximate surface area is 69.9 Å². The van der Waals surface area contributed by atoms with Gasteiger partial charge in [0.15, 0.2) is 6.23 Å². The lowest BCUT2D eigenvalue weighted by molar-refractivity contribution is -0.166. The highest BCUT2D eigenvalue weighted by molar-refractivity contribution is 5.76. The van der Waals surface area contributed by atoms with E-state index in [-0.39, 0.29) is 0 Å². The monoisotopic (exact) mass is 176 g/mol. The van der Waals surface area contributed by atoms with Gasteiger partial charge in [0.1, 0.15) is 6.73 Å². The molecule has 1 rings (SSSR count). The third-order valence-corrected chi connectivity index (χ3v) is 1.95. The van der Waals surface area contributed by atoms with E-state index in [4.69, 9.17) is 5.11 Å². The molecule has 0 aromatic rings. The molecule has 0 aliphatic carbocycles. The number of hydroxylamine groups is 2. The van der Waals surface area contributed by atoms with Crippen LogP contribution in [0, 0.1) is 0 Å². The van der Waals surface area contributed by atoms with Crippen LogP contribution in [0.3, 0.4) is 0 Å². The fourth-order valence-corrected chi connectivity index (χ4v) is 1.15. The zero-order valence-electron chi connectivity index (χ0n) is 6.97. The molecule has 0 aromatic heterocycles. The van der Waals surface area contributed by atoms with Gasteiger partial charge >= 0.3 is 6.03 Å². The van der Waals surface area contributed by atoms with Crippen molar-refractivity contribution in [1.29, 1.82) is 0 Å². The van der Waals surface area contributed by atoms with Crippen LogP contribution >= 0.6 is 0 Å². The topological polar surface area (TPSA) is 73.2 Å². The van der Waals surface area contributed by atoms with Crippen molar-refractivity contribution < 1.29 is 19.8 Å². The molecule has 0 radical (unpaired) electrons. The molecule has 6 heteroatoms. The van der Waals surface area contributed by atoms with E-state index >= 15 is 0 Å². The van der Waals surface area contributed by atoms with E-state index in [0.717, 1.165) is 9.96 Å². The van der Waals surface area contributed by atoms with Crippen LogP contribution in [0.15, 0.2) is 0 Å². The predicted molar refractivity (Wildman–Crippen MR) is 38.6 cm³/mol. The highest BCUT2D eigenvalue weighted by Gasteiger charge is 2.42. The van der Waals surface area contributed by atoms with Gasteiger partial charge in [-0.2, -0.15) is 5.06 Å². The third kappa shape index (κ3) is 1.13. The maximum absolute atomic E-state index is 11.2. The van der Waals surface area contributed by atoms with Crippen LogP contribution in [0.25, 0.3) is 0 Å². The van der Waals surface area contributed by atoms with Crippen LogP contribution in [-0.2, 0) is 4.84 Å². The number of hydrogen-bond donors (Lipinski definition) is 2. The van der Waals surface area contributed by atoms with Crippen molar-refractivity contribution in [3.8, 4) is 0 Å². The van der Waals surface area contributed by atoms with Gasteiger partial charge in [-0.3, -0.25) is 9.74 Å². The molecule has 0 aromatic carbocycles. The Balaban J connectivity index is 2.78. The van der Waals surface area contributed by atoms with Crippen molar-refractivity contribution in [1.82, 2.24) is 9.96 Å². The second-order valence-electron chi connectivity index (χ2n) is 2.56. The molecule has 2 unspecified atom stereocenters. The summed E-state index contributed by atoms with van der Waals surface area (Å²) in [6.07, 6.45) is -1.02. The van der Waals surface area contributed by atoms with E-state index in [1.54, 1.807) is 6.92 Å². The molecule has 0 bridgehead atoms. The number of amides is 2. The van der Waals surface area contributed by atoms with Gasteiger partial charge in [0.2, 0.25) is 0 Å². The first-order valence-corrected chi connectivity index (χ1v) is 3.56. The van der Waals surface area contributed by atoms with Crippen molar-refractivity contribution in [3.63, 3.8) is 0 Å². The molecule has 1 heterocycles. The molecular weight excluding hydrogens is 164 g/mol. The minimum absolute atomic E-state index is 0.420. The Hall–Kier alpha value is -0.850. The van der Waals surface area contributed by atoms with E-state index in [2.05, 4.69) is 4.84 Å². The molecule has 2 amide bonds. The number of aliphatic hydroxyl groups is 2. The second-order valence-corrected chi connectivity index (χ2v) is 2.56. The molecule has 1 saturated heterocycles. The SMILES string of the molecule is CON1C(=O)N(CO)C(C)C1O. The van der Waals surface area contributed by atoms with Gasteiger partial charge in [-0.1, -0.05) is 0 Å². The van der Waals surface area contributed by atoms with E-state index in [9.17, 15) is 9.90 Å². The Morgan fingerprint density at radius 2 is 2.25 bits per heavy atom. The summed E-state index contributed by atoms with van der Waals surface area (Å²) in [4.78, 5) is 16.9. The van der Waals surface area contributed by atoms with Crippen LogP contribution in [-0.4, -0.2) is 52.3 Å². The quantitative estimate of drug-likeness (QED) is 0.562. The van der Waals surface area contributed by atoms with Gasteiger partial charge in [-0.25, -0.2) is 4.79 Å². The summed E-state index contributed by atoms with van der Waals surface area (Å²) in [5.41, 5.74) is 0. The minimum atomic E-state index is -1.02. The molecule has 70 valence electrons. The number of rotatable bonds is 2. The summed E-state index contributed by atoms with van der Waals surface area (Å²) < 4.78 is 0. The molecule has 0 saturated carbocycles. The summed E-state index contributed by atoms with van der Waals surface area (Å²) in [7, 11) is 1.29. The van der Waals surface area contributed by atoms with E-state index in [1.165, 1.54) is 7.11 Å². The Kier molecular flexibility index (Phi) is 2.51. The summed E-state index contributed by atoms with van der Waals surface area (Å²) in [6, 6.07) is -0.984. The first-order valence-electron chi connectivity index (χ1n) is 3.56. The normalized spacial score (nSPS) is 30.2. The van der Waals surface area contributed by atoms with Gasteiger partial charge in [0, 0.05) is 0 Å². The van der Waals surface area contributed by atoms with Gasteiger partial charge in [0.05, 0.1) is 13.2 Å². The number of nitrogens with zero attached hydrogens (tertiary/aromatic N) is 2. The van der Waals surface area contributed by atoms with Crippen LogP contribution in [0.4, 0.5) is 4.79 Å². The number of hydrogen-bond acceptors (Lipinski definition) is 4. The smallest absolute Gasteiger partial charge is 0.348 e. The number of carbonyl (C=O) groups is 1. The van der Waals surface area contributed by atoms with Gasteiger partial charge < -0.3 is 10.2 Å². The van der Waals surface area contributed by atoms with E-state index in [1.807, 2.05) is 0 Å². The average molecular weight is 176 g/mol. The van der Waals surface area contributed by atoms with Crippen molar-refractivity contribution in [2.24, 2.45) is 0 Å². The largest absolute Gasteiger partial charge is 0.376 e. The summed E-state index contributed by atoms with van der Waals surface area (Å²) in [5.74, 6) is 0. The van der Waals surface area contributed by atoms with Crippen molar-refractivity contribution in [3.05, 3.63) is 0 Å². The lowest BCUT2D eigenvalue weighted by Gasteiger charge is -2.16. The van der Waals surface area contributed by atoms with Gasteiger partial charge in [0.25, 0.3) is 0 Å². The first kappa shape index (κ1) is 9.24. The van der Waals surface area contributed by atoms with Crippen LogP contribution in [0.1, 0.15) is 6.92 Å². The lowest BCUT2D eigenvalue weighted by atomic mass is 10.3. The Morgan fingerprint density at radius 1 is 1.67 bits per heavy atom. The third-order valence-electron chi connectivity index (χ3n) is 1.95. The van der Waals surface area contributed by atoms with Crippen molar-refractivity contribution in [2.75, 3.05) is 13.8 Å².